The van der Waals surface area contributed by atoms with Crippen molar-refractivity contribution in [2.24, 2.45) is 5.92 Å². The number of rotatable bonds is 4. The van der Waals surface area contributed by atoms with Gasteiger partial charge in [-0.25, -0.2) is 0 Å². The number of ether oxygens (including phenoxy) is 1. The fourth-order valence-electron chi connectivity index (χ4n) is 2.02. The van der Waals surface area contributed by atoms with Gasteiger partial charge in [0.25, 0.3) is 0 Å². The highest BCUT2D eigenvalue weighted by Crippen LogP contribution is 2.49. The second-order valence-electron chi connectivity index (χ2n) is 4.02. The lowest BCUT2D eigenvalue weighted by Crippen LogP contribution is -2.04. The maximum atomic E-state index is 11.2. The minimum atomic E-state index is -0.0547. The molecule has 2 unspecified atom stereocenters. The van der Waals surface area contributed by atoms with Gasteiger partial charge in [0.05, 0.1) is 6.61 Å². The monoisotopic (exact) mass is 204 g/mol. The molecule has 0 radical (unpaired) electrons. The summed E-state index contributed by atoms with van der Waals surface area (Å²) in [6.07, 6.45) is 1.70. The molecule has 0 saturated heterocycles. The van der Waals surface area contributed by atoms with Crippen LogP contribution in [0.25, 0.3) is 0 Å². The summed E-state index contributed by atoms with van der Waals surface area (Å²) in [6.45, 7) is 2.33. The number of hydrogen-bond donors (Lipinski definition) is 0. The lowest BCUT2D eigenvalue weighted by atomic mass is 10.1. The third-order valence-corrected chi connectivity index (χ3v) is 2.88. The van der Waals surface area contributed by atoms with Crippen molar-refractivity contribution in [3.8, 4) is 0 Å². The van der Waals surface area contributed by atoms with Crippen molar-refractivity contribution < 1.29 is 9.53 Å². The van der Waals surface area contributed by atoms with Crippen molar-refractivity contribution in [2.45, 2.75) is 25.7 Å². The van der Waals surface area contributed by atoms with Crippen molar-refractivity contribution in [3.63, 3.8) is 0 Å². The topological polar surface area (TPSA) is 26.3 Å². The summed E-state index contributed by atoms with van der Waals surface area (Å²) in [5, 5.41) is 0. The van der Waals surface area contributed by atoms with E-state index in [-0.39, 0.29) is 5.97 Å². The first-order valence-electron chi connectivity index (χ1n) is 5.52. The van der Waals surface area contributed by atoms with E-state index in [0.717, 1.165) is 6.42 Å². The first-order chi connectivity index (χ1) is 7.31. The smallest absolute Gasteiger partial charge is 0.306 e. The number of hydrogen-bond acceptors (Lipinski definition) is 2. The summed E-state index contributed by atoms with van der Waals surface area (Å²) in [6, 6.07) is 10.4. The predicted octanol–water partition coefficient (Wildman–Crippen LogP) is 2.74. The molecule has 0 aromatic heterocycles. The van der Waals surface area contributed by atoms with Crippen molar-refractivity contribution in [1.82, 2.24) is 0 Å². The van der Waals surface area contributed by atoms with Crippen LogP contribution in [0, 0.1) is 5.92 Å². The molecule has 2 rings (SSSR count). The molecule has 0 N–H and O–H groups in total. The molecule has 0 aliphatic heterocycles. The van der Waals surface area contributed by atoms with Crippen LogP contribution in [0.4, 0.5) is 0 Å². The van der Waals surface area contributed by atoms with Crippen molar-refractivity contribution in [2.75, 3.05) is 6.61 Å². The van der Waals surface area contributed by atoms with Gasteiger partial charge in [-0.15, -0.1) is 0 Å². The van der Waals surface area contributed by atoms with E-state index in [4.69, 9.17) is 4.74 Å². The minimum Gasteiger partial charge on any atom is -0.466 e. The normalized spacial score (nSPS) is 23.5. The van der Waals surface area contributed by atoms with Crippen LogP contribution in [-0.4, -0.2) is 12.6 Å². The molecule has 80 valence electrons. The Morgan fingerprint density at radius 2 is 2.13 bits per heavy atom. The Labute approximate surface area is 90.3 Å². The lowest BCUT2D eigenvalue weighted by Gasteiger charge is -2.01. The summed E-state index contributed by atoms with van der Waals surface area (Å²) >= 11 is 0. The maximum absolute atomic E-state index is 11.2. The second kappa shape index (κ2) is 4.47. The highest BCUT2D eigenvalue weighted by molar-refractivity contribution is 5.70. The van der Waals surface area contributed by atoms with Crippen LogP contribution in [0.15, 0.2) is 30.3 Å². The fourth-order valence-corrected chi connectivity index (χ4v) is 2.02. The molecule has 1 aliphatic rings. The Balaban J connectivity index is 1.84. The Bertz CT molecular complexity index is 332. The molecule has 15 heavy (non-hydrogen) atoms. The van der Waals surface area contributed by atoms with E-state index in [2.05, 4.69) is 24.3 Å². The molecule has 1 aromatic carbocycles. The summed E-state index contributed by atoms with van der Waals surface area (Å²) < 4.78 is 4.94. The molecule has 0 heterocycles. The Morgan fingerprint density at radius 3 is 2.80 bits per heavy atom. The van der Waals surface area contributed by atoms with Crippen LogP contribution in [-0.2, 0) is 9.53 Å². The molecule has 1 fully saturated rings. The van der Waals surface area contributed by atoms with Crippen LogP contribution in [0.3, 0.4) is 0 Å². The van der Waals surface area contributed by atoms with Gasteiger partial charge in [0.2, 0.25) is 0 Å². The van der Waals surface area contributed by atoms with E-state index >= 15 is 0 Å². The average Bonchev–Trinajstić information content (AvgIpc) is 2.99. The number of carbonyl (C=O) groups excluding carboxylic acids is 1. The average molecular weight is 204 g/mol. The van der Waals surface area contributed by atoms with Gasteiger partial charge < -0.3 is 4.74 Å². The summed E-state index contributed by atoms with van der Waals surface area (Å²) in [7, 11) is 0. The summed E-state index contributed by atoms with van der Waals surface area (Å²) in [5.74, 6) is 1.03. The van der Waals surface area contributed by atoms with Gasteiger partial charge in [0.1, 0.15) is 0 Å². The third kappa shape index (κ3) is 2.58. The number of esters is 1. The molecular formula is C13H16O2. The van der Waals surface area contributed by atoms with Gasteiger partial charge in [-0.2, -0.15) is 0 Å². The van der Waals surface area contributed by atoms with Gasteiger partial charge in [0.15, 0.2) is 0 Å². The van der Waals surface area contributed by atoms with Crippen LogP contribution >= 0.6 is 0 Å². The van der Waals surface area contributed by atoms with E-state index in [1.54, 1.807) is 0 Å². The van der Waals surface area contributed by atoms with Crippen LogP contribution in [0.1, 0.15) is 31.2 Å². The van der Waals surface area contributed by atoms with Crippen LogP contribution < -0.4 is 0 Å². The largest absolute Gasteiger partial charge is 0.466 e. The molecule has 1 aromatic rings. The predicted molar refractivity (Wildman–Crippen MR) is 58.5 cm³/mol. The van der Waals surface area contributed by atoms with Gasteiger partial charge in [-0.1, -0.05) is 30.3 Å². The number of carbonyl (C=O) groups is 1. The molecule has 2 heteroatoms. The summed E-state index contributed by atoms with van der Waals surface area (Å²) in [5.41, 5.74) is 1.35. The van der Waals surface area contributed by atoms with E-state index < -0.39 is 0 Å². The summed E-state index contributed by atoms with van der Waals surface area (Å²) in [4.78, 5) is 11.2. The van der Waals surface area contributed by atoms with Crippen molar-refractivity contribution in [1.29, 1.82) is 0 Å². The SMILES string of the molecule is CCOC(=O)CC1CC1c1ccccc1. The van der Waals surface area contributed by atoms with Crippen molar-refractivity contribution >= 4 is 5.97 Å². The Hall–Kier alpha value is -1.31. The zero-order valence-electron chi connectivity index (χ0n) is 8.98. The van der Waals surface area contributed by atoms with E-state index in [1.807, 2.05) is 13.0 Å². The lowest BCUT2D eigenvalue weighted by molar-refractivity contribution is -0.143. The van der Waals surface area contributed by atoms with E-state index in [9.17, 15) is 4.79 Å². The first kappa shape index (κ1) is 10.2. The van der Waals surface area contributed by atoms with Crippen LogP contribution in [0.5, 0.6) is 0 Å². The van der Waals surface area contributed by atoms with Crippen molar-refractivity contribution in [3.05, 3.63) is 35.9 Å². The van der Waals surface area contributed by atoms with E-state index in [0.29, 0.717) is 24.9 Å². The van der Waals surface area contributed by atoms with E-state index in [1.165, 1.54) is 5.56 Å². The van der Waals surface area contributed by atoms with Gasteiger partial charge >= 0.3 is 5.97 Å². The van der Waals surface area contributed by atoms with Gasteiger partial charge in [-0.3, -0.25) is 4.79 Å². The zero-order valence-corrected chi connectivity index (χ0v) is 8.98. The molecular weight excluding hydrogens is 188 g/mol. The number of benzene rings is 1. The maximum Gasteiger partial charge on any atom is 0.306 e. The molecule has 0 amide bonds. The minimum absolute atomic E-state index is 0.0547. The molecule has 0 bridgehead atoms. The first-order valence-corrected chi connectivity index (χ1v) is 5.52. The third-order valence-electron chi connectivity index (χ3n) is 2.88. The molecule has 1 aliphatic carbocycles. The molecule has 2 atom stereocenters. The van der Waals surface area contributed by atoms with Crippen LogP contribution in [0.2, 0.25) is 0 Å². The van der Waals surface area contributed by atoms with Gasteiger partial charge in [-0.05, 0) is 30.7 Å². The highest BCUT2D eigenvalue weighted by atomic mass is 16.5. The molecule has 2 nitrogen and oxygen atoms in total. The standard InChI is InChI=1S/C13H16O2/c1-2-15-13(14)9-11-8-12(11)10-6-4-3-5-7-10/h3-7,11-12H,2,8-9H2,1H3. The fraction of sp³-hybridized carbons (Fsp3) is 0.462. The van der Waals surface area contributed by atoms with Gasteiger partial charge in [0, 0.05) is 6.42 Å². The zero-order chi connectivity index (χ0) is 10.7. The molecule has 0 spiro atoms. The highest BCUT2D eigenvalue weighted by Gasteiger charge is 2.39. The second-order valence-corrected chi connectivity index (χ2v) is 4.02. The Kier molecular flexibility index (Phi) is 3.05. The Morgan fingerprint density at radius 1 is 1.40 bits per heavy atom. The molecule has 1 saturated carbocycles. The quantitative estimate of drug-likeness (QED) is 0.705.